The maximum Gasteiger partial charge on any atom is 0.276 e. The summed E-state index contributed by atoms with van der Waals surface area (Å²) in [6.07, 6.45) is -0.594. The summed E-state index contributed by atoms with van der Waals surface area (Å²) < 4.78 is 31.3. The molecule has 4 nitrogen and oxygen atoms in total. The Bertz CT molecular complexity index is 600. The normalized spacial score (nSPS) is 18.2. The maximum atomic E-state index is 13.1. The minimum absolute atomic E-state index is 0.0486. The molecule has 3 rings (SSSR count). The average molecular weight is 298 g/mol. The van der Waals surface area contributed by atoms with Crippen LogP contribution in [0.3, 0.4) is 0 Å². The van der Waals surface area contributed by atoms with Crippen molar-refractivity contribution in [2.24, 2.45) is 0 Å². The van der Waals surface area contributed by atoms with Gasteiger partial charge >= 0.3 is 0 Å². The Labute approximate surface area is 118 Å². The van der Waals surface area contributed by atoms with Crippen LogP contribution in [0, 0.1) is 0 Å². The highest BCUT2D eigenvalue weighted by Gasteiger charge is 2.36. The Morgan fingerprint density at radius 1 is 1.40 bits per heavy atom. The number of alkyl halides is 2. The van der Waals surface area contributed by atoms with Crippen molar-refractivity contribution in [3.8, 4) is 10.6 Å². The van der Waals surface area contributed by atoms with Crippen LogP contribution >= 0.6 is 11.3 Å². The van der Waals surface area contributed by atoms with E-state index in [1.807, 2.05) is 17.5 Å². The van der Waals surface area contributed by atoms with Gasteiger partial charge in [-0.2, -0.15) is 0 Å². The van der Waals surface area contributed by atoms with Crippen LogP contribution < -0.4 is 0 Å². The van der Waals surface area contributed by atoms with E-state index in [2.05, 4.69) is 5.16 Å². The van der Waals surface area contributed by atoms with Gasteiger partial charge in [-0.05, 0) is 11.4 Å². The highest BCUT2D eigenvalue weighted by atomic mass is 32.1. The lowest BCUT2D eigenvalue weighted by Gasteiger charge is -2.31. The van der Waals surface area contributed by atoms with Gasteiger partial charge in [0.15, 0.2) is 11.5 Å². The minimum atomic E-state index is -2.66. The zero-order valence-electron chi connectivity index (χ0n) is 10.5. The van der Waals surface area contributed by atoms with Crippen molar-refractivity contribution < 1.29 is 18.1 Å². The number of carbonyl (C=O) groups excluding carboxylic acids is 1. The van der Waals surface area contributed by atoms with Gasteiger partial charge in [0.1, 0.15) is 0 Å². The third-order valence-corrected chi connectivity index (χ3v) is 4.16. The van der Waals surface area contributed by atoms with Crippen molar-refractivity contribution in [3.05, 3.63) is 29.3 Å². The molecule has 0 aliphatic carbocycles. The number of likely N-dealkylation sites (tertiary alicyclic amines) is 1. The molecule has 1 amide bonds. The van der Waals surface area contributed by atoms with Crippen molar-refractivity contribution in [2.45, 2.75) is 18.8 Å². The average Bonchev–Trinajstić information content (AvgIpc) is 3.09. The van der Waals surface area contributed by atoms with Gasteiger partial charge in [0.05, 0.1) is 4.88 Å². The molecule has 20 heavy (non-hydrogen) atoms. The van der Waals surface area contributed by atoms with Crippen LogP contribution in [0.25, 0.3) is 10.6 Å². The molecule has 1 aliphatic rings. The standard InChI is InChI=1S/C13H12F2N2O2S/c14-13(15)3-5-17(6-4-13)12(18)9-8-10(19-16-9)11-2-1-7-20-11/h1-2,7-8H,3-6H2. The van der Waals surface area contributed by atoms with E-state index in [0.29, 0.717) is 5.76 Å². The van der Waals surface area contributed by atoms with Crippen LogP contribution in [-0.2, 0) is 0 Å². The molecule has 1 fully saturated rings. The minimum Gasteiger partial charge on any atom is -0.355 e. The van der Waals surface area contributed by atoms with E-state index in [1.54, 1.807) is 6.07 Å². The zero-order chi connectivity index (χ0) is 14.2. The molecular weight excluding hydrogens is 286 g/mol. The molecule has 0 saturated carbocycles. The largest absolute Gasteiger partial charge is 0.355 e. The van der Waals surface area contributed by atoms with Gasteiger partial charge < -0.3 is 9.42 Å². The first-order chi connectivity index (χ1) is 9.55. The molecule has 106 valence electrons. The second-order valence-corrected chi connectivity index (χ2v) is 5.65. The fourth-order valence-electron chi connectivity index (χ4n) is 2.11. The van der Waals surface area contributed by atoms with Crippen molar-refractivity contribution >= 4 is 17.2 Å². The first-order valence-electron chi connectivity index (χ1n) is 6.23. The fraction of sp³-hybridized carbons (Fsp3) is 0.385. The topological polar surface area (TPSA) is 46.3 Å². The number of thiophene rings is 1. The number of nitrogens with zero attached hydrogens (tertiary/aromatic N) is 2. The predicted molar refractivity (Wildman–Crippen MR) is 69.9 cm³/mol. The van der Waals surface area contributed by atoms with Crippen LogP contribution in [0.2, 0.25) is 0 Å². The summed E-state index contributed by atoms with van der Waals surface area (Å²) in [7, 11) is 0. The van der Waals surface area contributed by atoms with Crippen LogP contribution in [-0.4, -0.2) is 35.0 Å². The summed E-state index contributed by atoms with van der Waals surface area (Å²) in [6, 6.07) is 5.29. The van der Waals surface area contributed by atoms with Gasteiger partial charge in [0, 0.05) is 32.0 Å². The van der Waals surface area contributed by atoms with E-state index < -0.39 is 5.92 Å². The molecular formula is C13H12F2N2O2S. The number of hydrogen-bond donors (Lipinski definition) is 0. The number of piperidine rings is 1. The Balaban J connectivity index is 1.72. The van der Waals surface area contributed by atoms with Gasteiger partial charge in [0.2, 0.25) is 0 Å². The van der Waals surface area contributed by atoms with Crippen molar-refractivity contribution in [3.63, 3.8) is 0 Å². The van der Waals surface area contributed by atoms with Gasteiger partial charge in [0.25, 0.3) is 11.8 Å². The Morgan fingerprint density at radius 3 is 2.80 bits per heavy atom. The molecule has 0 atom stereocenters. The van der Waals surface area contributed by atoms with Crippen LogP contribution in [0.1, 0.15) is 23.3 Å². The fourth-order valence-corrected chi connectivity index (χ4v) is 2.78. The highest BCUT2D eigenvalue weighted by Crippen LogP contribution is 2.29. The lowest BCUT2D eigenvalue weighted by molar-refractivity contribution is -0.0495. The Kier molecular flexibility index (Phi) is 3.29. The molecule has 1 saturated heterocycles. The molecule has 0 radical (unpaired) electrons. The van der Waals surface area contributed by atoms with Crippen LogP contribution in [0.4, 0.5) is 8.78 Å². The van der Waals surface area contributed by atoms with E-state index in [1.165, 1.54) is 16.2 Å². The molecule has 0 N–H and O–H groups in total. The highest BCUT2D eigenvalue weighted by molar-refractivity contribution is 7.13. The maximum absolute atomic E-state index is 13.1. The number of rotatable bonds is 2. The third-order valence-electron chi connectivity index (χ3n) is 3.28. The lowest BCUT2D eigenvalue weighted by atomic mass is 10.1. The molecule has 0 unspecified atom stereocenters. The number of halogens is 2. The van der Waals surface area contributed by atoms with Crippen molar-refractivity contribution in [1.29, 1.82) is 0 Å². The molecule has 0 bridgehead atoms. The second kappa shape index (κ2) is 4.97. The Hall–Kier alpha value is -1.76. The Morgan fingerprint density at radius 2 is 2.15 bits per heavy atom. The van der Waals surface area contributed by atoms with E-state index in [0.717, 1.165) is 4.88 Å². The molecule has 3 heterocycles. The summed E-state index contributed by atoms with van der Waals surface area (Å²) >= 11 is 1.48. The summed E-state index contributed by atoms with van der Waals surface area (Å²) in [5, 5.41) is 5.63. The molecule has 0 aromatic carbocycles. The third kappa shape index (κ3) is 2.58. The van der Waals surface area contributed by atoms with Crippen molar-refractivity contribution in [2.75, 3.05) is 13.1 Å². The number of aromatic nitrogens is 1. The molecule has 2 aromatic rings. The SMILES string of the molecule is O=C(c1cc(-c2cccs2)on1)N1CCC(F)(F)CC1. The molecule has 7 heteroatoms. The van der Waals surface area contributed by atoms with E-state index in [9.17, 15) is 13.6 Å². The zero-order valence-corrected chi connectivity index (χ0v) is 11.3. The molecule has 1 aliphatic heterocycles. The van der Waals surface area contributed by atoms with Gasteiger partial charge in [-0.25, -0.2) is 8.78 Å². The van der Waals surface area contributed by atoms with Crippen LogP contribution in [0.15, 0.2) is 28.1 Å². The van der Waals surface area contributed by atoms with Crippen LogP contribution in [0.5, 0.6) is 0 Å². The van der Waals surface area contributed by atoms with Gasteiger partial charge in [-0.3, -0.25) is 4.79 Å². The van der Waals surface area contributed by atoms with E-state index >= 15 is 0 Å². The number of amides is 1. The quantitative estimate of drug-likeness (QED) is 0.855. The van der Waals surface area contributed by atoms with E-state index in [4.69, 9.17) is 4.52 Å². The summed E-state index contributed by atoms with van der Waals surface area (Å²) in [6.45, 7) is 0.0973. The summed E-state index contributed by atoms with van der Waals surface area (Å²) in [5.74, 6) is -2.50. The monoisotopic (exact) mass is 298 g/mol. The molecule has 0 spiro atoms. The van der Waals surface area contributed by atoms with Gasteiger partial charge in [-0.1, -0.05) is 11.2 Å². The number of carbonyl (C=O) groups is 1. The predicted octanol–water partition coefficient (Wildman–Crippen LogP) is 3.27. The summed E-state index contributed by atoms with van der Waals surface area (Å²) in [5.41, 5.74) is 0.165. The second-order valence-electron chi connectivity index (χ2n) is 4.70. The summed E-state index contributed by atoms with van der Waals surface area (Å²) in [4.78, 5) is 14.4. The smallest absolute Gasteiger partial charge is 0.276 e. The lowest BCUT2D eigenvalue weighted by Crippen LogP contribution is -2.42. The first-order valence-corrected chi connectivity index (χ1v) is 7.11. The van der Waals surface area contributed by atoms with E-state index in [-0.39, 0.29) is 37.5 Å². The van der Waals surface area contributed by atoms with Gasteiger partial charge in [-0.15, -0.1) is 11.3 Å². The molecule has 2 aromatic heterocycles. The number of hydrogen-bond acceptors (Lipinski definition) is 4. The van der Waals surface area contributed by atoms with Crippen molar-refractivity contribution in [1.82, 2.24) is 10.1 Å². The first kappa shape index (κ1) is 13.2.